The standard InChI is InChI=1S/C45H33N3SSi/c1-31-36-19-8-13-25-42(36)49-44-37(31)20-14-26-43(44)50(33-15-4-2-5-16-33,34-17-6-3-7-18-34)35-29-27-32(28-30-35)47-40-23-11-12-24-41(40)48-39-22-10-9-21-38(39)46-45(47)48/h2-31H,1H3. The molecule has 1 unspecified atom stereocenters. The Balaban J connectivity index is 1.24. The summed E-state index contributed by atoms with van der Waals surface area (Å²) in [6.45, 7) is 2.37. The van der Waals surface area contributed by atoms with E-state index < -0.39 is 8.07 Å². The summed E-state index contributed by atoms with van der Waals surface area (Å²) in [6, 6.07) is 65.0. The molecule has 0 bridgehead atoms. The molecule has 0 saturated heterocycles. The number of nitrogens with zero attached hydrogens (tertiary/aromatic N) is 3. The van der Waals surface area contributed by atoms with E-state index in [2.05, 4.69) is 192 Å². The average Bonchev–Trinajstić information content (AvgIpc) is 3.71. The van der Waals surface area contributed by atoms with Crippen LogP contribution >= 0.6 is 11.8 Å². The van der Waals surface area contributed by atoms with Crippen LogP contribution in [0.2, 0.25) is 0 Å². The molecule has 3 heterocycles. The zero-order chi connectivity index (χ0) is 33.2. The Bertz CT molecular complexity index is 2660. The first-order valence-electron chi connectivity index (χ1n) is 17.2. The Morgan fingerprint density at radius 2 is 1.10 bits per heavy atom. The molecule has 1 aliphatic heterocycles. The van der Waals surface area contributed by atoms with Gasteiger partial charge in [0.25, 0.3) is 0 Å². The van der Waals surface area contributed by atoms with Crippen molar-refractivity contribution >= 4 is 68.4 Å². The normalized spacial score (nSPS) is 14.2. The lowest BCUT2D eigenvalue weighted by molar-refractivity contribution is 0.859. The van der Waals surface area contributed by atoms with Crippen LogP contribution in [0.4, 0.5) is 0 Å². The summed E-state index contributed by atoms with van der Waals surface area (Å²) in [7, 11) is -2.82. The summed E-state index contributed by atoms with van der Waals surface area (Å²) in [5.41, 5.74) is 8.35. The van der Waals surface area contributed by atoms with Crippen LogP contribution in [0.5, 0.6) is 0 Å². The van der Waals surface area contributed by atoms with Crippen LogP contribution in [0, 0.1) is 0 Å². The van der Waals surface area contributed by atoms with Crippen molar-refractivity contribution in [3.05, 3.63) is 187 Å². The number of imidazole rings is 2. The third-order valence-electron chi connectivity index (χ3n) is 10.6. The van der Waals surface area contributed by atoms with Crippen molar-refractivity contribution in [3.8, 4) is 5.69 Å². The van der Waals surface area contributed by atoms with Crippen LogP contribution in [0.25, 0.3) is 33.5 Å². The third kappa shape index (κ3) is 4.20. The van der Waals surface area contributed by atoms with Crippen LogP contribution in [-0.2, 0) is 0 Å². The zero-order valence-electron chi connectivity index (χ0n) is 27.6. The summed E-state index contributed by atoms with van der Waals surface area (Å²) in [6.07, 6.45) is 0. The summed E-state index contributed by atoms with van der Waals surface area (Å²) in [4.78, 5) is 7.91. The quantitative estimate of drug-likeness (QED) is 0.135. The third-order valence-corrected chi connectivity index (χ3v) is 16.8. The lowest BCUT2D eigenvalue weighted by atomic mass is 9.92. The summed E-state index contributed by atoms with van der Waals surface area (Å²) in [5, 5.41) is 5.57. The van der Waals surface area contributed by atoms with E-state index in [1.165, 1.54) is 41.7 Å². The smallest absolute Gasteiger partial charge is 0.220 e. The second kappa shape index (κ2) is 11.5. The molecule has 1 atom stereocenters. The van der Waals surface area contributed by atoms with Crippen molar-refractivity contribution in [1.29, 1.82) is 0 Å². The minimum absolute atomic E-state index is 0.317. The molecule has 10 rings (SSSR count). The van der Waals surface area contributed by atoms with E-state index in [0.29, 0.717) is 5.92 Å². The van der Waals surface area contributed by atoms with Crippen LogP contribution in [0.1, 0.15) is 24.0 Å². The highest BCUT2D eigenvalue weighted by Gasteiger charge is 2.44. The van der Waals surface area contributed by atoms with Crippen molar-refractivity contribution in [2.75, 3.05) is 0 Å². The molecule has 1 aliphatic rings. The molecular formula is C45H33N3SSi. The maximum absolute atomic E-state index is 5.15. The van der Waals surface area contributed by atoms with Gasteiger partial charge in [-0.05, 0) is 74.3 Å². The molecule has 0 amide bonds. The number of hydrogen-bond donors (Lipinski definition) is 0. The Morgan fingerprint density at radius 1 is 0.520 bits per heavy atom. The number of aromatic nitrogens is 3. The van der Waals surface area contributed by atoms with E-state index in [1.807, 2.05) is 11.8 Å². The van der Waals surface area contributed by atoms with Crippen molar-refractivity contribution < 1.29 is 0 Å². The first-order valence-corrected chi connectivity index (χ1v) is 20.0. The Morgan fingerprint density at radius 3 is 1.84 bits per heavy atom. The first kappa shape index (κ1) is 29.3. The number of fused-ring (bicyclic) bond motifs is 7. The van der Waals surface area contributed by atoms with Crippen LogP contribution in [0.3, 0.4) is 0 Å². The van der Waals surface area contributed by atoms with Crippen LogP contribution in [-0.4, -0.2) is 22.0 Å². The topological polar surface area (TPSA) is 22.2 Å². The van der Waals surface area contributed by atoms with Crippen molar-refractivity contribution in [1.82, 2.24) is 14.0 Å². The molecule has 5 heteroatoms. The minimum Gasteiger partial charge on any atom is -0.278 e. The van der Waals surface area contributed by atoms with Gasteiger partial charge in [0.05, 0.1) is 22.1 Å². The lowest BCUT2D eigenvalue weighted by Gasteiger charge is -2.38. The van der Waals surface area contributed by atoms with Gasteiger partial charge in [-0.25, -0.2) is 4.98 Å². The first-order chi connectivity index (χ1) is 24.7. The number of hydrogen-bond acceptors (Lipinski definition) is 2. The van der Waals surface area contributed by atoms with E-state index >= 15 is 0 Å². The molecule has 50 heavy (non-hydrogen) atoms. The van der Waals surface area contributed by atoms with Crippen molar-refractivity contribution in [3.63, 3.8) is 0 Å². The summed E-state index contributed by atoms with van der Waals surface area (Å²) in [5.74, 6) is 1.24. The highest BCUT2D eigenvalue weighted by molar-refractivity contribution is 7.99. The fraction of sp³-hybridized carbons (Fsp3) is 0.0444. The van der Waals surface area contributed by atoms with Gasteiger partial charge in [0.15, 0.2) is 8.07 Å². The Kier molecular flexibility index (Phi) is 6.73. The van der Waals surface area contributed by atoms with Crippen LogP contribution < -0.4 is 20.7 Å². The fourth-order valence-corrected chi connectivity index (χ4v) is 15.0. The molecule has 9 aromatic rings. The van der Waals surface area contributed by atoms with Gasteiger partial charge in [0.1, 0.15) is 0 Å². The number of rotatable bonds is 5. The molecule has 7 aromatic carbocycles. The van der Waals surface area contributed by atoms with Gasteiger partial charge in [-0.15, -0.1) is 0 Å². The zero-order valence-corrected chi connectivity index (χ0v) is 29.4. The van der Waals surface area contributed by atoms with Gasteiger partial charge in [0, 0.05) is 21.4 Å². The number of para-hydroxylation sites is 4. The molecule has 0 aliphatic carbocycles. The maximum Gasteiger partial charge on any atom is 0.220 e. The summed E-state index contributed by atoms with van der Waals surface area (Å²) < 4.78 is 4.60. The van der Waals surface area contributed by atoms with Crippen LogP contribution in [0.15, 0.2) is 186 Å². The highest BCUT2D eigenvalue weighted by Crippen LogP contribution is 2.45. The number of benzene rings is 7. The largest absolute Gasteiger partial charge is 0.278 e. The molecule has 0 saturated carbocycles. The van der Waals surface area contributed by atoms with Gasteiger partial charge >= 0.3 is 0 Å². The fourth-order valence-electron chi connectivity index (χ4n) is 8.32. The SMILES string of the molecule is CC1c2ccccc2Sc2c1cccc2[Si](c1ccccc1)(c1ccccc1)c1ccc(-n2c3ccccc3n3c4ccccc4nc23)cc1. The Labute approximate surface area is 296 Å². The second-order valence-corrected chi connectivity index (χ2v) is 18.0. The van der Waals surface area contributed by atoms with Crippen molar-refractivity contribution in [2.24, 2.45) is 0 Å². The highest BCUT2D eigenvalue weighted by atomic mass is 32.2. The molecule has 2 aromatic heterocycles. The van der Waals surface area contributed by atoms with Gasteiger partial charge in [-0.1, -0.05) is 152 Å². The van der Waals surface area contributed by atoms with E-state index in [9.17, 15) is 0 Å². The molecule has 238 valence electrons. The van der Waals surface area contributed by atoms with E-state index in [4.69, 9.17) is 4.98 Å². The molecule has 0 fully saturated rings. The van der Waals surface area contributed by atoms with Gasteiger partial charge < -0.3 is 0 Å². The predicted molar refractivity (Wildman–Crippen MR) is 211 cm³/mol. The molecule has 0 spiro atoms. The average molecular weight is 676 g/mol. The lowest BCUT2D eigenvalue weighted by Crippen LogP contribution is -2.75. The second-order valence-electron chi connectivity index (χ2n) is 13.2. The van der Waals surface area contributed by atoms with E-state index in [0.717, 1.165) is 33.5 Å². The molecule has 0 radical (unpaired) electrons. The molecule has 0 N–H and O–H groups in total. The molecular weight excluding hydrogens is 643 g/mol. The predicted octanol–water partition coefficient (Wildman–Crippen LogP) is 8.43. The molecule has 3 nitrogen and oxygen atoms in total. The maximum atomic E-state index is 5.15. The van der Waals surface area contributed by atoms with Crippen molar-refractivity contribution in [2.45, 2.75) is 22.6 Å². The Hall–Kier alpha value is -5.62. The van der Waals surface area contributed by atoms with Gasteiger partial charge in [-0.2, -0.15) is 0 Å². The van der Waals surface area contributed by atoms with Gasteiger partial charge in [0.2, 0.25) is 5.78 Å². The summed E-state index contributed by atoms with van der Waals surface area (Å²) >= 11 is 1.95. The van der Waals surface area contributed by atoms with E-state index in [-0.39, 0.29) is 0 Å². The minimum atomic E-state index is -2.82. The van der Waals surface area contributed by atoms with Gasteiger partial charge in [-0.3, -0.25) is 8.97 Å². The van der Waals surface area contributed by atoms with E-state index in [1.54, 1.807) is 0 Å². The monoisotopic (exact) mass is 675 g/mol.